The largest absolute Gasteiger partial charge is 0.383 e. The first-order valence-electron chi connectivity index (χ1n) is 8.06. The Morgan fingerprint density at radius 3 is 2.56 bits per heavy atom. The number of nitrogens with one attached hydrogen (secondary N) is 1. The van der Waals surface area contributed by atoms with Gasteiger partial charge in [-0.05, 0) is 55.1 Å². The average Bonchev–Trinajstić information content (AvgIpc) is 3.08. The first kappa shape index (κ1) is 18.5. The molecule has 1 aromatic carbocycles. The monoisotopic (exact) mass is 381 g/mol. The van der Waals surface area contributed by atoms with Crippen molar-refractivity contribution >= 4 is 38.9 Å². The zero-order valence-corrected chi connectivity index (χ0v) is 15.8. The van der Waals surface area contributed by atoms with E-state index in [0.29, 0.717) is 22.6 Å². The van der Waals surface area contributed by atoms with Gasteiger partial charge in [-0.1, -0.05) is 12.1 Å². The molecule has 0 spiro atoms. The summed E-state index contributed by atoms with van der Waals surface area (Å²) >= 11 is 0. The predicted octanol–water partition coefficient (Wildman–Crippen LogP) is 2.79. The van der Waals surface area contributed by atoms with E-state index >= 15 is 0 Å². The topological polar surface area (TPSA) is 114 Å². The fourth-order valence-corrected chi connectivity index (χ4v) is 3.22. The minimum absolute atomic E-state index is 0.223. The number of imidazole rings is 1. The van der Waals surface area contributed by atoms with Crippen LogP contribution in [0.15, 0.2) is 64.4 Å². The van der Waals surface area contributed by atoms with Gasteiger partial charge in [-0.3, -0.25) is 0 Å². The van der Waals surface area contributed by atoms with Crippen LogP contribution in [-0.4, -0.2) is 36.3 Å². The summed E-state index contributed by atoms with van der Waals surface area (Å²) in [5.74, 6) is 0.752. The minimum Gasteiger partial charge on any atom is -0.383 e. The van der Waals surface area contributed by atoms with Gasteiger partial charge < -0.3 is 10.7 Å². The SMILES string of the molecule is C=N/C(N)=C(\C=C(/C)c1ccc(S(C)(=O)=O)cc1)c1nc2cccnc2[nH]1. The molecule has 0 radical (unpaired) electrons. The highest BCUT2D eigenvalue weighted by molar-refractivity contribution is 7.90. The lowest BCUT2D eigenvalue weighted by Gasteiger charge is -2.06. The number of aromatic nitrogens is 3. The molecule has 0 unspecified atom stereocenters. The molecule has 3 aromatic rings. The molecule has 0 amide bonds. The number of aromatic amines is 1. The summed E-state index contributed by atoms with van der Waals surface area (Å²) in [6.07, 6.45) is 4.68. The third kappa shape index (κ3) is 3.95. The molecular formula is C19H19N5O2S. The smallest absolute Gasteiger partial charge is 0.175 e. The van der Waals surface area contributed by atoms with Crippen LogP contribution in [0.1, 0.15) is 18.3 Å². The molecule has 3 N–H and O–H groups in total. The Balaban J connectivity index is 2.05. The number of H-pyrrole nitrogens is 1. The summed E-state index contributed by atoms with van der Waals surface area (Å²) < 4.78 is 23.2. The predicted molar refractivity (Wildman–Crippen MR) is 108 cm³/mol. The molecule has 0 saturated heterocycles. The Morgan fingerprint density at radius 2 is 1.96 bits per heavy atom. The lowest BCUT2D eigenvalue weighted by molar-refractivity contribution is 0.602. The van der Waals surface area contributed by atoms with E-state index in [-0.39, 0.29) is 10.7 Å². The fourth-order valence-electron chi connectivity index (χ4n) is 2.59. The van der Waals surface area contributed by atoms with Gasteiger partial charge in [-0.2, -0.15) is 0 Å². The van der Waals surface area contributed by atoms with E-state index in [9.17, 15) is 8.42 Å². The van der Waals surface area contributed by atoms with Crippen LogP contribution in [0.4, 0.5) is 0 Å². The number of benzene rings is 1. The van der Waals surface area contributed by atoms with Gasteiger partial charge in [-0.15, -0.1) is 0 Å². The lowest BCUT2D eigenvalue weighted by atomic mass is 10.0. The van der Waals surface area contributed by atoms with Gasteiger partial charge in [0.1, 0.15) is 17.2 Å². The standard InChI is InChI=1S/C19H19N5O2S/c1-12(13-6-8-14(9-7-13)27(3,25)26)11-15(17(20)21-2)18-23-16-5-4-10-22-19(16)24-18/h4-11H,2,20H2,1,3H3,(H,22,23,24)/b12-11+,17-15+. The van der Waals surface area contributed by atoms with E-state index in [0.717, 1.165) is 11.1 Å². The molecule has 3 rings (SSSR count). The maximum atomic E-state index is 11.6. The molecule has 0 aliphatic rings. The number of pyridine rings is 1. The van der Waals surface area contributed by atoms with Crippen molar-refractivity contribution in [1.82, 2.24) is 15.0 Å². The molecule has 2 heterocycles. The Hall–Kier alpha value is -3.26. The molecule has 0 atom stereocenters. The number of hydrogen-bond donors (Lipinski definition) is 2. The van der Waals surface area contributed by atoms with Crippen molar-refractivity contribution in [1.29, 1.82) is 0 Å². The van der Waals surface area contributed by atoms with E-state index in [2.05, 4.69) is 26.7 Å². The summed E-state index contributed by atoms with van der Waals surface area (Å²) in [5.41, 5.74) is 9.68. The summed E-state index contributed by atoms with van der Waals surface area (Å²) in [7, 11) is -3.24. The zero-order valence-electron chi connectivity index (χ0n) is 15.0. The van der Waals surface area contributed by atoms with Gasteiger partial charge in [0.2, 0.25) is 0 Å². The molecule has 0 aliphatic carbocycles. The van der Waals surface area contributed by atoms with E-state index < -0.39 is 9.84 Å². The van der Waals surface area contributed by atoms with Crippen LogP contribution in [0.2, 0.25) is 0 Å². The van der Waals surface area contributed by atoms with Crippen molar-refractivity contribution in [2.24, 2.45) is 10.7 Å². The van der Waals surface area contributed by atoms with E-state index in [4.69, 9.17) is 5.73 Å². The normalized spacial score (nSPS) is 13.5. The number of sulfone groups is 1. The second-order valence-electron chi connectivity index (χ2n) is 6.04. The molecular weight excluding hydrogens is 362 g/mol. The molecule has 0 fully saturated rings. The molecule has 8 heteroatoms. The number of aliphatic imine (C=N–C) groups is 1. The average molecular weight is 381 g/mol. The van der Waals surface area contributed by atoms with Gasteiger partial charge >= 0.3 is 0 Å². The maximum absolute atomic E-state index is 11.6. The van der Waals surface area contributed by atoms with Crippen LogP contribution in [-0.2, 0) is 9.84 Å². The Kier molecular flexibility index (Phi) is 4.91. The van der Waals surface area contributed by atoms with Crippen molar-refractivity contribution < 1.29 is 8.42 Å². The second-order valence-corrected chi connectivity index (χ2v) is 8.05. The number of fused-ring (bicyclic) bond motifs is 1. The van der Waals surface area contributed by atoms with Gasteiger partial charge in [0.25, 0.3) is 0 Å². The Morgan fingerprint density at radius 1 is 1.26 bits per heavy atom. The van der Waals surface area contributed by atoms with Crippen LogP contribution in [0, 0.1) is 0 Å². The van der Waals surface area contributed by atoms with Crippen molar-refractivity contribution in [2.75, 3.05) is 6.26 Å². The van der Waals surface area contributed by atoms with E-state index in [1.165, 1.54) is 6.26 Å². The quantitative estimate of drug-likeness (QED) is 0.521. The summed E-state index contributed by atoms with van der Waals surface area (Å²) in [6, 6.07) is 10.3. The maximum Gasteiger partial charge on any atom is 0.175 e. The Labute approximate surface area is 157 Å². The molecule has 0 aliphatic heterocycles. The van der Waals surface area contributed by atoms with Crippen LogP contribution >= 0.6 is 0 Å². The zero-order chi connectivity index (χ0) is 19.6. The second kappa shape index (κ2) is 7.16. The van der Waals surface area contributed by atoms with Gasteiger partial charge in [0, 0.05) is 12.5 Å². The third-order valence-electron chi connectivity index (χ3n) is 4.06. The molecule has 2 aromatic heterocycles. The highest BCUT2D eigenvalue weighted by atomic mass is 32.2. The molecule has 27 heavy (non-hydrogen) atoms. The Bertz CT molecular complexity index is 1140. The number of nitrogens with two attached hydrogens (primary N) is 1. The fraction of sp³-hybridized carbons (Fsp3) is 0.105. The summed E-state index contributed by atoms with van der Waals surface area (Å²) in [6.45, 7) is 5.39. The van der Waals surface area contributed by atoms with Crippen LogP contribution < -0.4 is 5.73 Å². The molecule has 0 bridgehead atoms. The van der Waals surface area contributed by atoms with E-state index in [1.54, 1.807) is 36.5 Å². The van der Waals surface area contributed by atoms with Crippen molar-refractivity contribution in [3.05, 3.63) is 65.9 Å². The van der Waals surface area contributed by atoms with Crippen LogP contribution in [0.5, 0.6) is 0 Å². The minimum atomic E-state index is -3.24. The first-order valence-corrected chi connectivity index (χ1v) is 9.95. The summed E-state index contributed by atoms with van der Waals surface area (Å²) in [4.78, 5) is 16.0. The number of nitrogens with zero attached hydrogens (tertiary/aromatic N) is 3. The van der Waals surface area contributed by atoms with Gasteiger partial charge in [0.05, 0.1) is 10.5 Å². The van der Waals surface area contributed by atoms with E-state index in [1.807, 2.05) is 19.1 Å². The lowest BCUT2D eigenvalue weighted by Crippen LogP contribution is -2.00. The van der Waals surface area contributed by atoms with Crippen molar-refractivity contribution in [3.8, 4) is 0 Å². The number of hydrogen-bond acceptors (Lipinski definition) is 6. The van der Waals surface area contributed by atoms with Crippen LogP contribution in [0.25, 0.3) is 22.3 Å². The van der Waals surface area contributed by atoms with Gasteiger partial charge in [0.15, 0.2) is 15.5 Å². The van der Waals surface area contributed by atoms with Crippen molar-refractivity contribution in [2.45, 2.75) is 11.8 Å². The van der Waals surface area contributed by atoms with Gasteiger partial charge in [-0.25, -0.2) is 23.4 Å². The number of rotatable bonds is 5. The highest BCUT2D eigenvalue weighted by Crippen LogP contribution is 2.24. The summed E-state index contributed by atoms with van der Waals surface area (Å²) in [5, 5.41) is 0. The van der Waals surface area contributed by atoms with Crippen LogP contribution in [0.3, 0.4) is 0 Å². The number of allylic oxidation sites excluding steroid dienone is 3. The molecule has 7 nitrogen and oxygen atoms in total. The van der Waals surface area contributed by atoms with Crippen molar-refractivity contribution in [3.63, 3.8) is 0 Å². The molecule has 0 saturated carbocycles. The highest BCUT2D eigenvalue weighted by Gasteiger charge is 2.12. The first-order chi connectivity index (χ1) is 12.8. The third-order valence-corrected chi connectivity index (χ3v) is 5.18. The molecule has 138 valence electrons.